The van der Waals surface area contributed by atoms with Crippen LogP contribution in [0.15, 0.2) is 85.0 Å². The minimum absolute atomic E-state index is 0.111. The normalized spacial score (nSPS) is 19.6. The van der Waals surface area contributed by atoms with E-state index in [1.54, 1.807) is 0 Å². The summed E-state index contributed by atoms with van der Waals surface area (Å²) in [6.45, 7) is 7.68. The highest BCUT2D eigenvalue weighted by atomic mass is 28.4. The van der Waals surface area contributed by atoms with Crippen molar-refractivity contribution in [2.75, 3.05) is 0 Å². The van der Waals surface area contributed by atoms with Gasteiger partial charge in [-0.1, -0.05) is 124 Å². The Kier molecular flexibility index (Phi) is 5.83. The van der Waals surface area contributed by atoms with Gasteiger partial charge in [0.1, 0.15) is 0 Å². The van der Waals surface area contributed by atoms with E-state index in [-0.39, 0.29) is 4.66 Å². The van der Waals surface area contributed by atoms with Gasteiger partial charge in [0.15, 0.2) is 0 Å². The third-order valence-corrected chi connectivity index (χ3v) is 18.1. The second kappa shape index (κ2) is 8.21. The van der Waals surface area contributed by atoms with Crippen molar-refractivity contribution in [3.8, 4) is 0 Å². The molecule has 0 saturated heterocycles. The maximum Gasteiger partial charge on any atom is 0.201 e. The van der Waals surface area contributed by atoms with Crippen LogP contribution in [0.3, 0.4) is 0 Å². The molecule has 1 saturated carbocycles. The molecule has 0 heterocycles. The molecule has 0 aliphatic heterocycles. The summed E-state index contributed by atoms with van der Waals surface area (Å²) in [7, 11) is -3.98. The Morgan fingerprint density at radius 2 is 1.21 bits per heavy atom. The van der Waals surface area contributed by atoms with Crippen LogP contribution in [-0.2, 0) is 0 Å². The Morgan fingerprint density at radius 1 is 0.724 bits per heavy atom. The fraction of sp³-hybridized carbons (Fsp3) is 0.385. The van der Waals surface area contributed by atoms with Crippen molar-refractivity contribution in [3.05, 3.63) is 85.0 Å². The molecule has 0 atom stereocenters. The molecule has 2 aromatic rings. The van der Waals surface area contributed by atoms with Crippen LogP contribution >= 0.6 is 0 Å². The smallest absolute Gasteiger partial charge is 0.201 e. The quantitative estimate of drug-likeness (QED) is 0.619. The topological polar surface area (TPSA) is 12.0 Å². The monoisotopic (exact) mass is 417 g/mol. The number of rotatable bonds is 6. The standard InChI is InChI=1S/C26H35NSi2/c1-28(2,3)26(21-13-14-22-26)29(24-17-9-5-10-18-24,25-19-11-6-12-20-25)27-23-15-7-4-8-16-23/h5-6,9-14,17-23,27H,4,7-8,15-16H2,1-3H3. The summed E-state index contributed by atoms with van der Waals surface area (Å²) in [5.74, 6) is 0. The van der Waals surface area contributed by atoms with Crippen molar-refractivity contribution in [2.45, 2.75) is 62.4 Å². The average Bonchev–Trinajstić information content (AvgIpc) is 3.26. The number of benzene rings is 2. The van der Waals surface area contributed by atoms with Crippen molar-refractivity contribution < 1.29 is 0 Å². The Bertz CT molecular complexity index is 807. The van der Waals surface area contributed by atoms with E-state index in [1.165, 1.54) is 42.5 Å². The predicted octanol–water partition coefficient (Wildman–Crippen LogP) is 5.41. The Hall–Kier alpha value is -1.69. The van der Waals surface area contributed by atoms with Gasteiger partial charge in [0.05, 0.1) is 8.07 Å². The van der Waals surface area contributed by atoms with E-state index in [4.69, 9.17) is 0 Å². The molecule has 1 fully saturated rings. The molecule has 1 N–H and O–H groups in total. The first-order valence-corrected chi connectivity index (χ1v) is 16.8. The fourth-order valence-electron chi connectivity index (χ4n) is 5.64. The zero-order chi connectivity index (χ0) is 20.4. The van der Waals surface area contributed by atoms with Crippen molar-refractivity contribution >= 4 is 26.7 Å². The Morgan fingerprint density at radius 3 is 1.66 bits per heavy atom. The molecule has 2 aliphatic rings. The first kappa shape index (κ1) is 20.6. The van der Waals surface area contributed by atoms with Gasteiger partial charge in [-0.05, 0) is 23.2 Å². The number of hydrogen-bond donors (Lipinski definition) is 1. The van der Waals surface area contributed by atoms with E-state index < -0.39 is 16.3 Å². The van der Waals surface area contributed by atoms with Crippen molar-refractivity contribution in [1.82, 2.24) is 4.98 Å². The highest BCUT2D eigenvalue weighted by Crippen LogP contribution is 2.50. The van der Waals surface area contributed by atoms with Gasteiger partial charge in [-0.25, -0.2) is 0 Å². The molecule has 2 aliphatic carbocycles. The van der Waals surface area contributed by atoms with Gasteiger partial charge in [-0.2, -0.15) is 0 Å². The molecule has 2 aromatic carbocycles. The van der Waals surface area contributed by atoms with E-state index >= 15 is 0 Å². The summed E-state index contributed by atoms with van der Waals surface area (Å²) in [5, 5.41) is 3.05. The third kappa shape index (κ3) is 3.54. The van der Waals surface area contributed by atoms with E-state index in [2.05, 4.69) is 110 Å². The second-order valence-corrected chi connectivity index (χ2v) is 19.4. The lowest BCUT2D eigenvalue weighted by Gasteiger charge is -2.54. The summed E-state index contributed by atoms with van der Waals surface area (Å²) in [4.78, 5) is 4.46. The molecule has 0 unspecified atom stereocenters. The lowest BCUT2D eigenvalue weighted by atomic mass is 9.96. The highest BCUT2D eigenvalue weighted by Gasteiger charge is 2.60. The molecule has 0 aromatic heterocycles. The van der Waals surface area contributed by atoms with Crippen molar-refractivity contribution in [1.29, 1.82) is 0 Å². The Labute approximate surface area is 179 Å². The summed E-state index contributed by atoms with van der Waals surface area (Å²) < 4.78 is 0.111. The van der Waals surface area contributed by atoms with Crippen LogP contribution in [0.2, 0.25) is 24.3 Å². The zero-order valence-electron chi connectivity index (χ0n) is 18.2. The van der Waals surface area contributed by atoms with Gasteiger partial charge in [-0.3, -0.25) is 0 Å². The van der Waals surface area contributed by atoms with Gasteiger partial charge in [0, 0.05) is 10.7 Å². The van der Waals surface area contributed by atoms with Crippen molar-refractivity contribution in [3.63, 3.8) is 0 Å². The molecule has 4 rings (SSSR count). The van der Waals surface area contributed by atoms with Gasteiger partial charge in [0.2, 0.25) is 8.24 Å². The molecule has 0 bridgehead atoms. The molecule has 0 radical (unpaired) electrons. The van der Waals surface area contributed by atoms with Gasteiger partial charge in [0.25, 0.3) is 0 Å². The molecule has 152 valence electrons. The second-order valence-electron chi connectivity index (χ2n) is 9.80. The maximum atomic E-state index is 4.46. The zero-order valence-corrected chi connectivity index (χ0v) is 20.2. The van der Waals surface area contributed by atoms with Crippen LogP contribution < -0.4 is 15.4 Å². The third-order valence-electron chi connectivity index (χ3n) is 7.13. The number of hydrogen-bond acceptors (Lipinski definition) is 1. The minimum Gasteiger partial charge on any atom is -0.327 e. The van der Waals surface area contributed by atoms with E-state index in [0.29, 0.717) is 6.04 Å². The predicted molar refractivity (Wildman–Crippen MR) is 132 cm³/mol. The first-order chi connectivity index (χ1) is 14.0. The van der Waals surface area contributed by atoms with Crippen LogP contribution in [0, 0.1) is 0 Å². The summed E-state index contributed by atoms with van der Waals surface area (Å²) in [5.41, 5.74) is 0. The SMILES string of the molecule is C[Si](C)(C)C1([Si](NC2CCCCC2)(c2ccccc2)c2ccccc2)C=CC=C1. The molecule has 1 nitrogen and oxygen atoms in total. The van der Waals surface area contributed by atoms with Crippen LogP contribution in [0.5, 0.6) is 0 Å². The maximum absolute atomic E-state index is 4.46. The van der Waals surface area contributed by atoms with Gasteiger partial charge in [-0.15, -0.1) is 0 Å². The van der Waals surface area contributed by atoms with E-state index in [0.717, 1.165) is 0 Å². The first-order valence-electron chi connectivity index (χ1n) is 11.3. The lowest BCUT2D eigenvalue weighted by molar-refractivity contribution is 0.414. The molecular weight excluding hydrogens is 382 g/mol. The number of nitrogens with one attached hydrogen (secondary N) is 1. The van der Waals surface area contributed by atoms with E-state index in [1.807, 2.05) is 0 Å². The number of allylic oxidation sites excluding steroid dienone is 4. The molecular formula is C26H35NSi2. The lowest BCUT2D eigenvalue weighted by Crippen LogP contribution is -2.80. The highest BCUT2D eigenvalue weighted by molar-refractivity contribution is 7.13. The van der Waals surface area contributed by atoms with Gasteiger partial charge >= 0.3 is 0 Å². The van der Waals surface area contributed by atoms with Crippen LogP contribution in [-0.4, -0.2) is 22.4 Å². The Balaban J connectivity index is 2.00. The molecule has 0 spiro atoms. The van der Waals surface area contributed by atoms with Crippen LogP contribution in [0.4, 0.5) is 0 Å². The molecule has 3 heteroatoms. The van der Waals surface area contributed by atoms with Gasteiger partial charge < -0.3 is 4.98 Å². The fourth-order valence-corrected chi connectivity index (χ4v) is 17.3. The van der Waals surface area contributed by atoms with Crippen LogP contribution in [0.25, 0.3) is 0 Å². The minimum atomic E-state index is -2.35. The average molecular weight is 418 g/mol. The summed E-state index contributed by atoms with van der Waals surface area (Å²) >= 11 is 0. The van der Waals surface area contributed by atoms with Crippen LogP contribution in [0.1, 0.15) is 32.1 Å². The molecule has 29 heavy (non-hydrogen) atoms. The summed E-state index contributed by atoms with van der Waals surface area (Å²) in [6.07, 6.45) is 16.5. The largest absolute Gasteiger partial charge is 0.327 e. The molecule has 0 amide bonds. The van der Waals surface area contributed by atoms with Crippen molar-refractivity contribution in [2.24, 2.45) is 0 Å². The summed E-state index contributed by atoms with van der Waals surface area (Å²) in [6, 6.07) is 23.5. The van der Waals surface area contributed by atoms with E-state index in [9.17, 15) is 0 Å².